The van der Waals surface area contributed by atoms with Crippen molar-refractivity contribution >= 4 is 5.97 Å². The van der Waals surface area contributed by atoms with Crippen LogP contribution in [-0.2, 0) is 9.53 Å². The summed E-state index contributed by atoms with van der Waals surface area (Å²) in [5.74, 6) is -0.642. The SMILES string of the molecule is CC(OC(=O)C1C(c2ccccc2)C(CN=[N+]=[N-])[C@H]1c1ccccc1)c1ccccc1. The molecule has 1 aliphatic rings. The van der Waals surface area contributed by atoms with Gasteiger partial charge in [0.15, 0.2) is 0 Å². The molecule has 4 rings (SSSR count). The number of ether oxygens (including phenoxy) is 1. The molecule has 5 heteroatoms. The number of hydrogen-bond acceptors (Lipinski definition) is 3. The van der Waals surface area contributed by atoms with Crippen molar-refractivity contribution in [3.63, 3.8) is 0 Å². The standard InChI is InChI=1S/C26H25N3O2/c1-18(19-11-5-2-6-12-19)31-26(30)25-23(20-13-7-3-8-14-20)22(17-28-29-27)24(25)21-15-9-4-10-16-21/h2-16,18,22-25H,17H2,1H3/t18?,22?,23-,24?,25?/m1/s1. The molecule has 3 aromatic carbocycles. The van der Waals surface area contributed by atoms with E-state index in [0.717, 1.165) is 16.7 Å². The number of benzene rings is 3. The highest BCUT2D eigenvalue weighted by Gasteiger charge is 2.55. The molecule has 0 amide bonds. The zero-order chi connectivity index (χ0) is 21.6. The molecule has 4 unspecified atom stereocenters. The van der Waals surface area contributed by atoms with Gasteiger partial charge in [0.05, 0.1) is 5.92 Å². The highest BCUT2D eigenvalue weighted by atomic mass is 16.5. The summed E-state index contributed by atoms with van der Waals surface area (Å²) in [7, 11) is 0. The van der Waals surface area contributed by atoms with Crippen LogP contribution in [0.15, 0.2) is 96.1 Å². The van der Waals surface area contributed by atoms with Crippen LogP contribution in [-0.4, -0.2) is 12.5 Å². The molecule has 156 valence electrons. The van der Waals surface area contributed by atoms with Crippen molar-refractivity contribution in [3.8, 4) is 0 Å². The molecule has 0 heterocycles. The summed E-state index contributed by atoms with van der Waals surface area (Å²) in [5.41, 5.74) is 12.0. The molecule has 0 bridgehead atoms. The van der Waals surface area contributed by atoms with E-state index in [-0.39, 0.29) is 35.7 Å². The van der Waals surface area contributed by atoms with Gasteiger partial charge in [0.25, 0.3) is 0 Å². The summed E-state index contributed by atoms with van der Waals surface area (Å²) in [5, 5.41) is 3.88. The summed E-state index contributed by atoms with van der Waals surface area (Å²) in [4.78, 5) is 16.5. The average Bonchev–Trinajstić information content (AvgIpc) is 2.80. The van der Waals surface area contributed by atoms with Crippen molar-refractivity contribution in [1.29, 1.82) is 0 Å². The van der Waals surface area contributed by atoms with Gasteiger partial charge in [-0.2, -0.15) is 0 Å². The predicted molar refractivity (Wildman–Crippen MR) is 120 cm³/mol. The summed E-state index contributed by atoms with van der Waals surface area (Å²) < 4.78 is 5.95. The van der Waals surface area contributed by atoms with Gasteiger partial charge in [-0.1, -0.05) is 96.1 Å². The second-order valence-corrected chi connectivity index (χ2v) is 7.97. The lowest BCUT2D eigenvalue weighted by Gasteiger charge is -2.51. The molecule has 3 aromatic rings. The Morgan fingerprint density at radius 3 is 1.87 bits per heavy atom. The number of carbonyl (C=O) groups excluding carboxylic acids is 1. The Hall–Kier alpha value is -3.56. The lowest BCUT2D eigenvalue weighted by molar-refractivity contribution is -0.162. The van der Waals surface area contributed by atoms with Gasteiger partial charge in [0.2, 0.25) is 0 Å². The number of hydrogen-bond donors (Lipinski definition) is 0. The van der Waals surface area contributed by atoms with Crippen LogP contribution in [0.5, 0.6) is 0 Å². The van der Waals surface area contributed by atoms with Gasteiger partial charge in [0.1, 0.15) is 6.10 Å². The Labute approximate surface area is 182 Å². The van der Waals surface area contributed by atoms with E-state index >= 15 is 0 Å². The monoisotopic (exact) mass is 411 g/mol. The van der Waals surface area contributed by atoms with Gasteiger partial charge < -0.3 is 4.74 Å². The minimum Gasteiger partial charge on any atom is -0.458 e. The molecule has 0 aromatic heterocycles. The molecule has 31 heavy (non-hydrogen) atoms. The molecular formula is C26H25N3O2. The molecule has 1 aliphatic carbocycles. The summed E-state index contributed by atoms with van der Waals surface area (Å²) in [6.07, 6.45) is -0.335. The maximum atomic E-state index is 13.5. The molecule has 5 atom stereocenters. The highest BCUT2D eigenvalue weighted by molar-refractivity contribution is 5.77. The fourth-order valence-electron chi connectivity index (χ4n) is 4.79. The third-order valence-corrected chi connectivity index (χ3v) is 6.26. The molecule has 5 nitrogen and oxygen atoms in total. The van der Waals surface area contributed by atoms with Crippen LogP contribution in [0.25, 0.3) is 10.4 Å². The normalized spacial score (nSPS) is 23.1. The van der Waals surface area contributed by atoms with Crippen molar-refractivity contribution in [3.05, 3.63) is 118 Å². The van der Waals surface area contributed by atoms with E-state index in [1.165, 1.54) is 0 Å². The quantitative estimate of drug-likeness (QED) is 0.195. The van der Waals surface area contributed by atoms with Gasteiger partial charge in [-0.05, 0) is 35.1 Å². The van der Waals surface area contributed by atoms with E-state index in [1.54, 1.807) is 0 Å². The van der Waals surface area contributed by atoms with Crippen LogP contribution in [0.1, 0.15) is 41.6 Å². The number of esters is 1. The van der Waals surface area contributed by atoms with Gasteiger partial charge in [-0.3, -0.25) is 4.79 Å². The Bertz CT molecular complexity index is 1000. The van der Waals surface area contributed by atoms with Gasteiger partial charge in [-0.25, -0.2) is 0 Å². The summed E-state index contributed by atoms with van der Waals surface area (Å²) in [6, 6.07) is 29.7. The highest BCUT2D eigenvalue weighted by Crippen LogP contribution is 2.58. The lowest BCUT2D eigenvalue weighted by Crippen LogP contribution is -2.49. The molecule has 0 N–H and O–H groups in total. The first-order valence-electron chi connectivity index (χ1n) is 10.6. The van der Waals surface area contributed by atoms with Crippen LogP contribution in [0.3, 0.4) is 0 Å². The predicted octanol–water partition coefficient (Wildman–Crippen LogP) is 6.41. The van der Waals surface area contributed by atoms with E-state index in [0.29, 0.717) is 6.54 Å². The number of rotatable bonds is 7. The zero-order valence-corrected chi connectivity index (χ0v) is 17.4. The zero-order valence-electron chi connectivity index (χ0n) is 17.4. The molecular weight excluding hydrogens is 386 g/mol. The average molecular weight is 412 g/mol. The van der Waals surface area contributed by atoms with Gasteiger partial charge >= 0.3 is 5.97 Å². The fraction of sp³-hybridized carbons (Fsp3) is 0.269. The molecule has 1 saturated carbocycles. The molecule has 1 fully saturated rings. The molecule has 0 spiro atoms. The minimum absolute atomic E-state index is 0.0327. The second-order valence-electron chi connectivity index (χ2n) is 7.97. The third kappa shape index (κ3) is 4.32. The van der Waals surface area contributed by atoms with Gasteiger partial charge in [-0.15, -0.1) is 0 Å². The Balaban J connectivity index is 1.67. The number of azide groups is 1. The first-order chi connectivity index (χ1) is 15.2. The van der Waals surface area contributed by atoms with E-state index in [9.17, 15) is 4.79 Å². The van der Waals surface area contributed by atoms with Crippen molar-refractivity contribution < 1.29 is 9.53 Å². The number of nitrogens with zero attached hydrogens (tertiary/aromatic N) is 3. The smallest absolute Gasteiger partial charge is 0.310 e. The topological polar surface area (TPSA) is 75.1 Å². The Kier molecular flexibility index (Phi) is 6.34. The fourth-order valence-corrected chi connectivity index (χ4v) is 4.79. The first-order valence-corrected chi connectivity index (χ1v) is 10.6. The van der Waals surface area contributed by atoms with E-state index in [2.05, 4.69) is 10.0 Å². The lowest BCUT2D eigenvalue weighted by atomic mass is 9.52. The minimum atomic E-state index is -0.338. The van der Waals surface area contributed by atoms with E-state index in [4.69, 9.17) is 10.3 Å². The first kappa shape index (κ1) is 20.7. The van der Waals surface area contributed by atoms with E-state index < -0.39 is 0 Å². The molecule has 0 saturated heterocycles. The van der Waals surface area contributed by atoms with Crippen molar-refractivity contribution in [2.24, 2.45) is 17.0 Å². The van der Waals surface area contributed by atoms with Crippen LogP contribution in [0.2, 0.25) is 0 Å². The van der Waals surface area contributed by atoms with E-state index in [1.807, 2.05) is 97.9 Å². The summed E-state index contributed by atoms with van der Waals surface area (Å²) in [6.45, 7) is 2.24. The van der Waals surface area contributed by atoms with Crippen LogP contribution in [0.4, 0.5) is 0 Å². The number of carbonyl (C=O) groups is 1. The maximum absolute atomic E-state index is 13.5. The Morgan fingerprint density at radius 2 is 1.39 bits per heavy atom. The third-order valence-electron chi connectivity index (χ3n) is 6.26. The van der Waals surface area contributed by atoms with Gasteiger partial charge in [0, 0.05) is 23.3 Å². The van der Waals surface area contributed by atoms with Crippen molar-refractivity contribution in [1.82, 2.24) is 0 Å². The summed E-state index contributed by atoms with van der Waals surface area (Å²) >= 11 is 0. The molecule has 0 aliphatic heterocycles. The van der Waals surface area contributed by atoms with Crippen molar-refractivity contribution in [2.45, 2.75) is 24.9 Å². The largest absolute Gasteiger partial charge is 0.458 e. The van der Waals surface area contributed by atoms with Crippen LogP contribution in [0, 0.1) is 11.8 Å². The van der Waals surface area contributed by atoms with Crippen LogP contribution >= 0.6 is 0 Å². The maximum Gasteiger partial charge on any atom is 0.310 e. The van der Waals surface area contributed by atoms with Crippen molar-refractivity contribution in [2.75, 3.05) is 6.54 Å². The van der Waals surface area contributed by atoms with Crippen LogP contribution < -0.4 is 0 Å². The molecule has 0 radical (unpaired) electrons. The Morgan fingerprint density at radius 1 is 0.903 bits per heavy atom. The second kappa shape index (κ2) is 9.50.